The molecule has 0 aromatic carbocycles. The van der Waals surface area contributed by atoms with E-state index >= 15 is 0 Å². The summed E-state index contributed by atoms with van der Waals surface area (Å²) in [6.07, 6.45) is 5.17. The number of nitrogens with zero attached hydrogens (tertiary/aromatic N) is 1. The predicted octanol–water partition coefficient (Wildman–Crippen LogP) is 1.27. The van der Waals surface area contributed by atoms with Crippen molar-refractivity contribution in [3.05, 3.63) is 24.2 Å². The fraction of sp³-hybridized carbons (Fsp3) is 0.625. The van der Waals surface area contributed by atoms with Crippen molar-refractivity contribution in [2.24, 2.45) is 5.41 Å². The molecular weight excluding hydrogens is 284 g/mol. The van der Waals surface area contributed by atoms with E-state index in [1.807, 2.05) is 17.0 Å². The third kappa shape index (κ3) is 3.16. The maximum absolute atomic E-state index is 12.2. The minimum Gasteiger partial charge on any atom is -0.480 e. The van der Waals surface area contributed by atoms with Gasteiger partial charge in [0.25, 0.3) is 0 Å². The van der Waals surface area contributed by atoms with Crippen LogP contribution in [0.4, 0.5) is 0 Å². The largest absolute Gasteiger partial charge is 0.480 e. The highest BCUT2D eigenvalue weighted by Gasteiger charge is 2.44. The number of furan rings is 1. The number of carbonyl (C=O) groups excluding carboxylic acids is 1. The van der Waals surface area contributed by atoms with Crippen molar-refractivity contribution in [2.75, 3.05) is 19.6 Å². The van der Waals surface area contributed by atoms with Crippen LogP contribution >= 0.6 is 0 Å². The third-order valence-electron chi connectivity index (χ3n) is 5.00. The van der Waals surface area contributed by atoms with Crippen LogP contribution in [0.25, 0.3) is 0 Å². The Balaban J connectivity index is 1.47. The highest BCUT2D eigenvalue weighted by atomic mass is 16.4. The molecule has 0 unspecified atom stereocenters. The van der Waals surface area contributed by atoms with Crippen LogP contribution in [0, 0.1) is 5.41 Å². The molecule has 3 heterocycles. The van der Waals surface area contributed by atoms with Gasteiger partial charge in [-0.3, -0.25) is 9.59 Å². The van der Waals surface area contributed by atoms with E-state index in [1.54, 1.807) is 6.26 Å². The number of carboxylic acids is 1. The van der Waals surface area contributed by atoms with Crippen molar-refractivity contribution in [1.29, 1.82) is 0 Å². The first kappa shape index (κ1) is 15.1. The van der Waals surface area contributed by atoms with Gasteiger partial charge in [-0.25, -0.2) is 0 Å². The molecule has 22 heavy (non-hydrogen) atoms. The Morgan fingerprint density at radius 1 is 1.41 bits per heavy atom. The summed E-state index contributed by atoms with van der Waals surface area (Å²) in [5, 5.41) is 12.2. The van der Waals surface area contributed by atoms with Gasteiger partial charge < -0.3 is 19.7 Å². The van der Waals surface area contributed by atoms with Crippen LogP contribution < -0.4 is 5.32 Å². The SMILES string of the molecule is O=C(O)[C@@H]1CC2(CCN(C(=O)CCc3ccco3)CC2)CN1. The Kier molecular flexibility index (Phi) is 4.20. The van der Waals surface area contributed by atoms with Crippen LogP contribution in [0.5, 0.6) is 0 Å². The second kappa shape index (κ2) is 6.12. The van der Waals surface area contributed by atoms with Crippen molar-refractivity contribution in [3.63, 3.8) is 0 Å². The van der Waals surface area contributed by atoms with Crippen LogP contribution in [0.1, 0.15) is 31.4 Å². The monoisotopic (exact) mass is 306 g/mol. The molecule has 0 radical (unpaired) electrons. The minimum atomic E-state index is -0.770. The quantitative estimate of drug-likeness (QED) is 0.875. The highest BCUT2D eigenvalue weighted by molar-refractivity contribution is 5.76. The Bertz CT molecular complexity index is 532. The summed E-state index contributed by atoms with van der Waals surface area (Å²) >= 11 is 0. The molecule has 6 nitrogen and oxygen atoms in total. The van der Waals surface area contributed by atoms with Gasteiger partial charge in [0.1, 0.15) is 11.8 Å². The molecule has 6 heteroatoms. The van der Waals surface area contributed by atoms with E-state index in [2.05, 4.69) is 5.32 Å². The standard InChI is InChI=1S/C16H22N2O4/c19-14(4-3-12-2-1-9-22-12)18-7-5-16(6-8-18)10-13(15(20)21)17-11-16/h1-2,9,13,17H,3-8,10-11H2,(H,20,21)/t13-/m0/s1. The molecule has 0 bridgehead atoms. The number of amides is 1. The Labute approximate surface area is 129 Å². The molecule has 1 amide bonds. The number of aliphatic carboxylic acids is 1. The molecule has 2 fully saturated rings. The van der Waals surface area contributed by atoms with Crippen molar-refractivity contribution < 1.29 is 19.1 Å². The van der Waals surface area contributed by atoms with E-state index in [0.29, 0.717) is 19.3 Å². The number of piperidine rings is 1. The van der Waals surface area contributed by atoms with E-state index < -0.39 is 12.0 Å². The van der Waals surface area contributed by atoms with Crippen molar-refractivity contribution >= 4 is 11.9 Å². The van der Waals surface area contributed by atoms with Crippen LogP contribution in [0.2, 0.25) is 0 Å². The van der Waals surface area contributed by atoms with Gasteiger partial charge in [-0.2, -0.15) is 0 Å². The second-order valence-electron chi connectivity index (χ2n) is 6.44. The lowest BCUT2D eigenvalue weighted by Gasteiger charge is -2.39. The van der Waals surface area contributed by atoms with Gasteiger partial charge >= 0.3 is 5.97 Å². The van der Waals surface area contributed by atoms with Gasteiger partial charge in [0.2, 0.25) is 5.91 Å². The Morgan fingerprint density at radius 3 is 2.77 bits per heavy atom. The zero-order chi connectivity index (χ0) is 15.6. The van der Waals surface area contributed by atoms with Crippen molar-refractivity contribution in [3.8, 4) is 0 Å². The molecule has 1 aromatic heterocycles. The van der Waals surface area contributed by atoms with E-state index in [4.69, 9.17) is 9.52 Å². The second-order valence-corrected chi connectivity index (χ2v) is 6.44. The maximum Gasteiger partial charge on any atom is 0.320 e. The summed E-state index contributed by atoms with van der Waals surface area (Å²) in [6, 6.07) is 3.28. The maximum atomic E-state index is 12.2. The first-order chi connectivity index (χ1) is 10.6. The molecule has 0 saturated carbocycles. The van der Waals surface area contributed by atoms with Gasteiger partial charge in [-0.1, -0.05) is 0 Å². The fourth-order valence-corrected chi connectivity index (χ4v) is 3.55. The first-order valence-corrected chi connectivity index (χ1v) is 7.84. The Morgan fingerprint density at radius 2 is 2.18 bits per heavy atom. The fourth-order valence-electron chi connectivity index (χ4n) is 3.55. The van der Waals surface area contributed by atoms with Crippen molar-refractivity contribution in [1.82, 2.24) is 10.2 Å². The number of nitrogens with one attached hydrogen (secondary N) is 1. The lowest BCUT2D eigenvalue weighted by atomic mass is 9.76. The molecule has 0 aliphatic carbocycles. The summed E-state index contributed by atoms with van der Waals surface area (Å²) in [6.45, 7) is 2.20. The summed E-state index contributed by atoms with van der Waals surface area (Å²) in [4.78, 5) is 25.2. The third-order valence-corrected chi connectivity index (χ3v) is 5.00. The lowest BCUT2D eigenvalue weighted by molar-refractivity contribution is -0.139. The van der Waals surface area contributed by atoms with E-state index in [1.165, 1.54) is 0 Å². The van der Waals surface area contributed by atoms with Crippen LogP contribution in [0.15, 0.2) is 22.8 Å². The van der Waals surface area contributed by atoms with Gasteiger partial charge in [0.15, 0.2) is 0 Å². The Hall–Kier alpha value is -1.82. The molecular formula is C16H22N2O4. The first-order valence-electron chi connectivity index (χ1n) is 7.84. The summed E-state index contributed by atoms with van der Waals surface area (Å²) in [7, 11) is 0. The smallest absolute Gasteiger partial charge is 0.320 e. The topological polar surface area (TPSA) is 82.8 Å². The lowest BCUT2D eigenvalue weighted by Crippen LogP contribution is -2.44. The molecule has 1 aromatic rings. The number of hydrogen-bond donors (Lipinski definition) is 2. The van der Waals surface area contributed by atoms with Gasteiger partial charge in [0, 0.05) is 32.5 Å². The van der Waals surface area contributed by atoms with E-state index in [9.17, 15) is 9.59 Å². The summed E-state index contributed by atoms with van der Waals surface area (Å²) < 4.78 is 5.25. The number of rotatable bonds is 4. The van der Waals surface area contributed by atoms with Gasteiger partial charge in [0.05, 0.1) is 6.26 Å². The number of hydrogen-bond acceptors (Lipinski definition) is 4. The van der Waals surface area contributed by atoms with Gasteiger partial charge in [-0.05, 0) is 36.8 Å². The van der Waals surface area contributed by atoms with Crippen LogP contribution in [0.3, 0.4) is 0 Å². The normalized spacial score (nSPS) is 23.8. The van der Waals surface area contributed by atoms with Crippen molar-refractivity contribution in [2.45, 2.75) is 38.1 Å². The summed E-state index contributed by atoms with van der Waals surface area (Å²) in [5.74, 6) is 0.229. The zero-order valence-electron chi connectivity index (χ0n) is 12.6. The summed E-state index contributed by atoms with van der Waals surface area (Å²) in [5.41, 5.74) is 0.0564. The van der Waals surface area contributed by atoms with Crippen LogP contribution in [-0.4, -0.2) is 47.6 Å². The molecule has 1 atom stereocenters. The van der Waals surface area contributed by atoms with E-state index in [0.717, 1.165) is 38.2 Å². The van der Waals surface area contributed by atoms with Gasteiger partial charge in [-0.15, -0.1) is 0 Å². The molecule has 2 aliphatic rings. The zero-order valence-corrected chi connectivity index (χ0v) is 12.6. The average Bonchev–Trinajstić information content (AvgIpc) is 3.16. The molecule has 1 spiro atoms. The highest BCUT2D eigenvalue weighted by Crippen LogP contribution is 2.39. The molecule has 2 aliphatic heterocycles. The average molecular weight is 306 g/mol. The number of carbonyl (C=O) groups is 2. The molecule has 2 saturated heterocycles. The number of aryl methyl sites for hydroxylation is 1. The predicted molar refractivity (Wildman–Crippen MR) is 79.3 cm³/mol. The van der Waals surface area contributed by atoms with E-state index in [-0.39, 0.29) is 11.3 Å². The number of carboxylic acid groups (broad SMARTS) is 1. The molecule has 120 valence electrons. The van der Waals surface area contributed by atoms with Crippen LogP contribution in [-0.2, 0) is 16.0 Å². The minimum absolute atomic E-state index is 0.0564. The molecule has 3 rings (SSSR count). The number of likely N-dealkylation sites (tertiary alicyclic amines) is 1. The molecule has 2 N–H and O–H groups in total.